The second-order valence-electron chi connectivity index (χ2n) is 25.5. The minimum atomic E-state index is 0.728. The zero-order chi connectivity index (χ0) is 42.7. The molecule has 1 aliphatic heterocycles. The van der Waals surface area contributed by atoms with Crippen LogP contribution in [0.5, 0.6) is 0 Å². The highest BCUT2D eigenvalue weighted by Gasteiger charge is 2.54. The lowest BCUT2D eigenvalue weighted by molar-refractivity contribution is -0.0192. The normalized spacial score (nSPS) is 43.7. The average Bonchev–Trinajstić information content (AvgIpc) is 3.70. The highest BCUT2D eigenvalue weighted by atomic mass is 15.3. The fourth-order valence-electron chi connectivity index (χ4n) is 19.3. The summed E-state index contributed by atoms with van der Waals surface area (Å²) in [5, 5.41) is 4.30. The van der Waals surface area contributed by atoms with Gasteiger partial charge in [-0.2, -0.15) is 0 Å². The quantitative estimate of drug-likeness (QED) is 0.209. The third-order valence-electron chi connectivity index (χ3n) is 22.2. The molecule has 0 aromatic carbocycles. The van der Waals surface area contributed by atoms with Crippen molar-refractivity contribution in [3.63, 3.8) is 0 Å². The fraction of sp³-hybridized carbons (Fsp3) is 0.933. The number of hydrogen-bond donors (Lipinski definition) is 1. The molecule has 4 heteroatoms. The third kappa shape index (κ3) is 10.1. The largest absolute Gasteiger partial charge is 0.311 e. The van der Waals surface area contributed by atoms with Crippen molar-refractivity contribution in [3.8, 4) is 0 Å². The Morgan fingerprint density at radius 1 is 0.375 bits per heavy atom. The number of likely N-dealkylation sites (tertiary alicyclic amines) is 1. The van der Waals surface area contributed by atoms with Gasteiger partial charge in [0.1, 0.15) is 0 Å². The van der Waals surface area contributed by atoms with Crippen molar-refractivity contribution in [2.45, 2.75) is 317 Å². The van der Waals surface area contributed by atoms with Crippen LogP contribution in [0.3, 0.4) is 0 Å². The van der Waals surface area contributed by atoms with Crippen LogP contribution in [0.1, 0.15) is 250 Å². The van der Waals surface area contributed by atoms with E-state index in [1.165, 1.54) is 225 Å². The standard InChI is InChI=1S/C60H100N4/c1-5-19-47(20-6-1)61-58-30-15-13-28-55(58)46-18-17-27-53(42-46)62(48-21-7-2-8-22-48)51-36-32-44(33-37-51)45-34-38-52(39-35-45)63(49-23-9-3-10-24-49)54-40-41-60-57(43-54)56-29-14-16-31-59(56)64(60)50-25-11-4-12-26-50/h2,7,13,28,44-61H,1,3-6,8-12,14-27,29-43H2. The molecule has 10 unspecified atom stereocenters. The predicted octanol–water partition coefficient (Wildman–Crippen LogP) is 14.7. The predicted molar refractivity (Wildman–Crippen MR) is 270 cm³/mol. The van der Waals surface area contributed by atoms with Crippen LogP contribution in [0, 0.1) is 35.5 Å². The maximum absolute atomic E-state index is 4.30. The zero-order valence-electron chi connectivity index (χ0n) is 41.5. The molecule has 10 atom stereocenters. The number of nitrogens with one attached hydrogen (secondary N) is 1. The van der Waals surface area contributed by atoms with Crippen LogP contribution in [-0.2, 0) is 0 Å². The Hall–Kier alpha value is -0.680. The molecule has 0 amide bonds. The molecule has 11 aliphatic rings. The van der Waals surface area contributed by atoms with Crippen molar-refractivity contribution >= 4 is 0 Å². The molecular formula is C60H100N4. The minimum absolute atomic E-state index is 0.728. The van der Waals surface area contributed by atoms with Crippen LogP contribution in [0.15, 0.2) is 24.3 Å². The van der Waals surface area contributed by atoms with Crippen molar-refractivity contribution in [3.05, 3.63) is 24.3 Å². The van der Waals surface area contributed by atoms with Crippen molar-refractivity contribution in [2.75, 3.05) is 0 Å². The smallest absolute Gasteiger partial charge is 0.0139 e. The van der Waals surface area contributed by atoms with E-state index >= 15 is 0 Å². The molecule has 4 nitrogen and oxygen atoms in total. The number of hydrogen-bond acceptors (Lipinski definition) is 4. The second kappa shape index (κ2) is 22.0. The molecule has 64 heavy (non-hydrogen) atoms. The van der Waals surface area contributed by atoms with Gasteiger partial charge in [0.25, 0.3) is 0 Å². The Labute approximate surface area is 395 Å². The lowest BCUT2D eigenvalue weighted by Crippen LogP contribution is -2.55. The first kappa shape index (κ1) is 45.7. The summed E-state index contributed by atoms with van der Waals surface area (Å²) in [6.45, 7) is 0. The van der Waals surface area contributed by atoms with Gasteiger partial charge < -0.3 is 5.32 Å². The average molecular weight is 877 g/mol. The maximum atomic E-state index is 4.30. The van der Waals surface area contributed by atoms with Crippen molar-refractivity contribution in [1.82, 2.24) is 20.0 Å². The van der Waals surface area contributed by atoms with Gasteiger partial charge >= 0.3 is 0 Å². The van der Waals surface area contributed by atoms with Gasteiger partial charge in [-0.05, 0) is 209 Å². The van der Waals surface area contributed by atoms with Gasteiger partial charge in [-0.1, -0.05) is 101 Å². The monoisotopic (exact) mass is 877 g/mol. The first-order chi connectivity index (χ1) is 31.7. The van der Waals surface area contributed by atoms with E-state index in [1.807, 2.05) is 0 Å². The van der Waals surface area contributed by atoms with E-state index < -0.39 is 0 Å². The van der Waals surface area contributed by atoms with Crippen molar-refractivity contribution < 1.29 is 0 Å². The SMILES string of the molecule is C1=CC(C2CCCC(N(C3CC=CCC3)C3CCC(C4CCC(N(C5CCCCC5)C5CCC6C(C5)C5CCCCC5N6C5CCCCC5)CC4)CC3)C2)C(NC2CCCCC2)CC1. The minimum Gasteiger partial charge on any atom is -0.311 e. The fourth-order valence-corrected chi connectivity index (χ4v) is 19.3. The van der Waals surface area contributed by atoms with Gasteiger partial charge in [0.05, 0.1) is 0 Å². The molecule has 1 heterocycles. The molecule has 0 spiro atoms. The van der Waals surface area contributed by atoms with Gasteiger partial charge in [0.2, 0.25) is 0 Å². The van der Waals surface area contributed by atoms with E-state index in [9.17, 15) is 0 Å². The summed E-state index contributed by atoms with van der Waals surface area (Å²) >= 11 is 0. The van der Waals surface area contributed by atoms with Crippen LogP contribution < -0.4 is 5.32 Å². The van der Waals surface area contributed by atoms with E-state index in [0.29, 0.717) is 0 Å². The Morgan fingerprint density at radius 3 is 1.67 bits per heavy atom. The molecule has 1 saturated heterocycles. The summed E-state index contributed by atoms with van der Waals surface area (Å²) in [5.74, 6) is 5.71. The first-order valence-corrected chi connectivity index (χ1v) is 30.1. The highest BCUT2D eigenvalue weighted by Crippen LogP contribution is 2.53. The number of allylic oxidation sites excluding steroid dienone is 2. The van der Waals surface area contributed by atoms with Gasteiger partial charge in [-0.3, -0.25) is 14.7 Å². The summed E-state index contributed by atoms with van der Waals surface area (Å²) in [6.07, 6.45) is 68.3. The number of nitrogens with zero attached hydrogens (tertiary/aromatic N) is 3. The summed E-state index contributed by atoms with van der Waals surface area (Å²) in [5.41, 5.74) is 0. The Kier molecular flexibility index (Phi) is 15.7. The lowest BCUT2D eigenvalue weighted by atomic mass is 9.68. The topological polar surface area (TPSA) is 21.8 Å². The van der Waals surface area contributed by atoms with E-state index in [1.54, 1.807) is 25.7 Å². The van der Waals surface area contributed by atoms with Crippen LogP contribution in [0.2, 0.25) is 0 Å². The van der Waals surface area contributed by atoms with Gasteiger partial charge in [0, 0.05) is 66.5 Å². The van der Waals surface area contributed by atoms with Crippen LogP contribution in [-0.4, -0.2) is 81.2 Å². The Bertz CT molecular complexity index is 1470. The molecule has 1 N–H and O–H groups in total. The molecule has 0 bridgehead atoms. The maximum Gasteiger partial charge on any atom is 0.0139 e. The zero-order valence-corrected chi connectivity index (χ0v) is 41.5. The van der Waals surface area contributed by atoms with E-state index in [4.69, 9.17) is 0 Å². The van der Waals surface area contributed by atoms with Gasteiger partial charge in [-0.25, -0.2) is 0 Å². The summed E-state index contributed by atoms with van der Waals surface area (Å²) in [6, 6.07) is 9.48. The van der Waals surface area contributed by atoms with E-state index in [2.05, 4.69) is 44.3 Å². The second-order valence-corrected chi connectivity index (χ2v) is 25.5. The highest BCUT2D eigenvalue weighted by molar-refractivity contribution is 5.09. The molecule has 11 rings (SSSR count). The van der Waals surface area contributed by atoms with Crippen LogP contribution in [0.25, 0.3) is 0 Å². The molecule has 360 valence electrons. The number of rotatable bonds is 11. The number of fused-ring (bicyclic) bond motifs is 3. The van der Waals surface area contributed by atoms with Crippen LogP contribution in [0.4, 0.5) is 0 Å². The van der Waals surface area contributed by atoms with E-state index in [0.717, 1.165) is 102 Å². The molecule has 0 aromatic heterocycles. The first-order valence-electron chi connectivity index (χ1n) is 30.1. The van der Waals surface area contributed by atoms with Gasteiger partial charge in [-0.15, -0.1) is 0 Å². The van der Waals surface area contributed by atoms with Crippen molar-refractivity contribution in [1.29, 1.82) is 0 Å². The molecule has 8 saturated carbocycles. The Balaban J connectivity index is 0.720. The molecule has 9 fully saturated rings. The van der Waals surface area contributed by atoms with E-state index in [-0.39, 0.29) is 0 Å². The van der Waals surface area contributed by atoms with Crippen molar-refractivity contribution in [2.24, 2.45) is 35.5 Å². The third-order valence-corrected chi connectivity index (χ3v) is 22.2. The Morgan fingerprint density at radius 2 is 0.953 bits per heavy atom. The summed E-state index contributed by atoms with van der Waals surface area (Å²) in [7, 11) is 0. The van der Waals surface area contributed by atoms with Gasteiger partial charge in [0.15, 0.2) is 0 Å². The molecular weight excluding hydrogens is 777 g/mol. The molecule has 0 aromatic rings. The molecule has 10 aliphatic carbocycles. The van der Waals surface area contributed by atoms with Crippen LogP contribution >= 0.6 is 0 Å². The summed E-state index contributed by atoms with van der Waals surface area (Å²) in [4.78, 5) is 9.89. The summed E-state index contributed by atoms with van der Waals surface area (Å²) < 4.78 is 0. The lowest BCUT2D eigenvalue weighted by Gasteiger charge is -2.52. The molecule has 0 radical (unpaired) electrons.